The first kappa shape index (κ1) is 78.8. The normalized spacial score (nSPS) is 12.8. The van der Waals surface area contributed by atoms with Crippen molar-refractivity contribution >= 4 is 11.9 Å². The standard InChI is InChI=1S/C75H141NO5/c1-3-5-7-9-11-13-15-16-44-48-51-55-59-63-67-73(78)72(71-77)76-74(79)68-64-60-56-52-49-45-42-40-38-36-34-32-30-28-26-24-22-20-18-17-19-21-23-25-27-29-31-33-35-37-39-41-43-46-50-54-58-62-66-70-81-75(80)69-65-61-57-53-47-14-12-10-8-6-4-2/h10,12,17-18,21,23,63,67,72-73,77-78H,3-9,11,13-16,19-20,22,24-62,64-66,68-71H2,1-2H3,(H,76,79)/b12-10-,18-17-,23-21-,67-63+. The molecule has 0 heterocycles. The van der Waals surface area contributed by atoms with Crippen LogP contribution in [-0.4, -0.2) is 47.4 Å². The van der Waals surface area contributed by atoms with Crippen molar-refractivity contribution in [3.63, 3.8) is 0 Å². The van der Waals surface area contributed by atoms with Crippen LogP contribution in [-0.2, 0) is 14.3 Å². The number of carbonyl (C=O) groups excluding carboxylic acids is 2. The Bertz CT molecular complexity index is 1360. The molecule has 3 N–H and O–H groups in total. The summed E-state index contributed by atoms with van der Waals surface area (Å²) in [4.78, 5) is 24.5. The van der Waals surface area contributed by atoms with Gasteiger partial charge in [-0.2, -0.15) is 0 Å². The van der Waals surface area contributed by atoms with Gasteiger partial charge in [-0.05, 0) is 83.5 Å². The van der Waals surface area contributed by atoms with Crippen molar-refractivity contribution < 1.29 is 24.5 Å². The Hall–Kier alpha value is -2.18. The first-order valence-electron chi connectivity index (χ1n) is 36.4. The molecule has 6 heteroatoms. The smallest absolute Gasteiger partial charge is 0.305 e. The van der Waals surface area contributed by atoms with Crippen LogP contribution in [0.4, 0.5) is 0 Å². The maximum Gasteiger partial charge on any atom is 0.305 e. The predicted molar refractivity (Wildman–Crippen MR) is 356 cm³/mol. The number of aliphatic hydroxyl groups excluding tert-OH is 2. The van der Waals surface area contributed by atoms with Crippen LogP contribution in [0.1, 0.15) is 393 Å². The van der Waals surface area contributed by atoms with Gasteiger partial charge in [0.25, 0.3) is 0 Å². The molecule has 0 aromatic heterocycles. The van der Waals surface area contributed by atoms with E-state index in [0.717, 1.165) is 51.4 Å². The molecule has 0 saturated heterocycles. The highest BCUT2D eigenvalue weighted by Crippen LogP contribution is 2.18. The number of carbonyl (C=O) groups is 2. The molecule has 0 aromatic carbocycles. The average Bonchev–Trinajstić information content (AvgIpc) is 3.47. The second-order valence-corrected chi connectivity index (χ2v) is 24.9. The Morgan fingerprint density at radius 3 is 0.988 bits per heavy atom. The number of hydrogen-bond donors (Lipinski definition) is 3. The van der Waals surface area contributed by atoms with E-state index in [0.29, 0.717) is 19.4 Å². The molecule has 0 spiro atoms. The summed E-state index contributed by atoms with van der Waals surface area (Å²) in [7, 11) is 0. The zero-order chi connectivity index (χ0) is 58.5. The lowest BCUT2D eigenvalue weighted by molar-refractivity contribution is -0.143. The van der Waals surface area contributed by atoms with E-state index in [1.807, 2.05) is 6.08 Å². The largest absolute Gasteiger partial charge is 0.466 e. The number of nitrogens with one attached hydrogen (secondary N) is 1. The van der Waals surface area contributed by atoms with Crippen LogP contribution >= 0.6 is 0 Å². The van der Waals surface area contributed by atoms with E-state index in [-0.39, 0.29) is 18.5 Å². The first-order valence-corrected chi connectivity index (χ1v) is 36.4. The highest BCUT2D eigenvalue weighted by molar-refractivity contribution is 5.76. The van der Waals surface area contributed by atoms with Crippen molar-refractivity contribution in [1.29, 1.82) is 0 Å². The van der Waals surface area contributed by atoms with Gasteiger partial charge in [0, 0.05) is 12.8 Å². The molecule has 2 atom stereocenters. The number of aliphatic hydroxyl groups is 2. The van der Waals surface area contributed by atoms with Gasteiger partial charge in [0.15, 0.2) is 0 Å². The van der Waals surface area contributed by atoms with Gasteiger partial charge in [0.2, 0.25) is 5.91 Å². The molecule has 0 aliphatic carbocycles. The molecule has 0 fully saturated rings. The minimum absolute atomic E-state index is 0.00898. The average molecular weight is 1140 g/mol. The molecule has 0 radical (unpaired) electrons. The lowest BCUT2D eigenvalue weighted by Crippen LogP contribution is -2.45. The maximum atomic E-state index is 12.5. The molecule has 0 bridgehead atoms. The van der Waals surface area contributed by atoms with Crippen LogP contribution in [0.3, 0.4) is 0 Å². The van der Waals surface area contributed by atoms with Gasteiger partial charge in [-0.25, -0.2) is 0 Å². The van der Waals surface area contributed by atoms with E-state index in [4.69, 9.17) is 4.74 Å². The number of rotatable bonds is 68. The zero-order valence-corrected chi connectivity index (χ0v) is 54.5. The van der Waals surface area contributed by atoms with Crippen LogP contribution in [0.15, 0.2) is 48.6 Å². The van der Waals surface area contributed by atoms with Crippen molar-refractivity contribution in [3.8, 4) is 0 Å². The second-order valence-electron chi connectivity index (χ2n) is 24.9. The van der Waals surface area contributed by atoms with Crippen molar-refractivity contribution in [2.75, 3.05) is 13.2 Å². The Balaban J connectivity index is 3.36. The molecule has 0 saturated carbocycles. The SMILES string of the molecule is CCCC/C=C\CCCCCCCC(=O)OCCCCCCCCCCCCCCCCC/C=C\C/C=C\CCCCCCCCCCCCCCCCCCCC(=O)NC(CO)C(O)/C=C/CCCCCCCCCCCCCC. The van der Waals surface area contributed by atoms with E-state index < -0.39 is 12.1 Å². The fourth-order valence-electron chi connectivity index (χ4n) is 11.2. The summed E-state index contributed by atoms with van der Waals surface area (Å²) in [6, 6.07) is -0.625. The molecule has 0 aliphatic heterocycles. The van der Waals surface area contributed by atoms with E-state index in [2.05, 4.69) is 55.6 Å². The second kappa shape index (κ2) is 70.3. The molecule has 81 heavy (non-hydrogen) atoms. The highest BCUT2D eigenvalue weighted by Gasteiger charge is 2.18. The minimum Gasteiger partial charge on any atom is -0.466 e. The zero-order valence-electron chi connectivity index (χ0n) is 54.5. The third kappa shape index (κ3) is 66.8. The molecular weight excluding hydrogens is 995 g/mol. The summed E-state index contributed by atoms with van der Waals surface area (Å²) in [5.41, 5.74) is 0. The number of esters is 1. The van der Waals surface area contributed by atoms with Gasteiger partial charge in [-0.15, -0.1) is 0 Å². The molecule has 1 amide bonds. The van der Waals surface area contributed by atoms with Crippen molar-refractivity contribution in [2.45, 2.75) is 405 Å². The Morgan fingerprint density at radius 2 is 0.630 bits per heavy atom. The van der Waals surface area contributed by atoms with Gasteiger partial charge in [0.05, 0.1) is 25.4 Å². The molecule has 2 unspecified atom stereocenters. The summed E-state index contributed by atoms with van der Waals surface area (Å²) in [5.74, 6) is -0.0543. The quantitative estimate of drug-likeness (QED) is 0.0320. The Labute approximate surface area is 506 Å². The number of amides is 1. The van der Waals surface area contributed by atoms with Crippen LogP contribution in [0, 0.1) is 0 Å². The molecular formula is C75H141NO5. The van der Waals surface area contributed by atoms with Crippen molar-refractivity contribution in [2.24, 2.45) is 0 Å². The lowest BCUT2D eigenvalue weighted by atomic mass is 10.0. The van der Waals surface area contributed by atoms with Gasteiger partial charge >= 0.3 is 5.97 Å². The Morgan fingerprint density at radius 1 is 0.346 bits per heavy atom. The monoisotopic (exact) mass is 1140 g/mol. The number of allylic oxidation sites excluding steroid dienone is 7. The van der Waals surface area contributed by atoms with E-state index >= 15 is 0 Å². The fourth-order valence-corrected chi connectivity index (χ4v) is 11.2. The highest BCUT2D eigenvalue weighted by atomic mass is 16.5. The van der Waals surface area contributed by atoms with Crippen LogP contribution in [0.25, 0.3) is 0 Å². The molecule has 6 nitrogen and oxygen atoms in total. The van der Waals surface area contributed by atoms with E-state index in [9.17, 15) is 19.8 Å². The molecule has 0 aromatic rings. The van der Waals surface area contributed by atoms with E-state index in [1.54, 1.807) is 6.08 Å². The lowest BCUT2D eigenvalue weighted by Gasteiger charge is -2.20. The van der Waals surface area contributed by atoms with Crippen LogP contribution in [0.5, 0.6) is 0 Å². The number of ether oxygens (including phenoxy) is 1. The Kier molecular flexibility index (Phi) is 68.4. The molecule has 0 rings (SSSR count). The predicted octanol–water partition coefficient (Wildman–Crippen LogP) is 23.6. The summed E-state index contributed by atoms with van der Waals surface area (Å²) < 4.78 is 5.47. The minimum atomic E-state index is -0.842. The summed E-state index contributed by atoms with van der Waals surface area (Å²) in [6.45, 7) is 4.89. The maximum absolute atomic E-state index is 12.5. The molecule has 0 aliphatic rings. The van der Waals surface area contributed by atoms with Gasteiger partial charge in [-0.1, -0.05) is 345 Å². The van der Waals surface area contributed by atoms with E-state index in [1.165, 1.54) is 315 Å². The van der Waals surface area contributed by atoms with Crippen LogP contribution in [0.2, 0.25) is 0 Å². The number of unbranched alkanes of at least 4 members (excludes halogenated alkanes) is 51. The van der Waals surface area contributed by atoms with Crippen LogP contribution < -0.4 is 5.32 Å². The van der Waals surface area contributed by atoms with Gasteiger partial charge < -0.3 is 20.3 Å². The molecule has 476 valence electrons. The summed E-state index contributed by atoms with van der Waals surface area (Å²) >= 11 is 0. The number of hydrogen-bond acceptors (Lipinski definition) is 5. The van der Waals surface area contributed by atoms with Gasteiger partial charge in [0.1, 0.15) is 0 Å². The third-order valence-electron chi connectivity index (χ3n) is 16.8. The topological polar surface area (TPSA) is 95.9 Å². The van der Waals surface area contributed by atoms with Gasteiger partial charge in [-0.3, -0.25) is 9.59 Å². The summed E-state index contributed by atoms with van der Waals surface area (Å²) in [6.07, 6.45) is 92.2. The first-order chi connectivity index (χ1) is 40.0. The fraction of sp³-hybridized carbons (Fsp3) is 0.867. The van der Waals surface area contributed by atoms with Crippen molar-refractivity contribution in [1.82, 2.24) is 5.32 Å². The third-order valence-corrected chi connectivity index (χ3v) is 16.8. The van der Waals surface area contributed by atoms with Crippen molar-refractivity contribution in [3.05, 3.63) is 48.6 Å². The summed E-state index contributed by atoms with van der Waals surface area (Å²) in [5, 5.41) is 23.1.